The molecule has 0 aromatic carbocycles. The van der Waals surface area contributed by atoms with Crippen LogP contribution in [0.5, 0.6) is 0 Å². The van der Waals surface area contributed by atoms with Gasteiger partial charge < -0.3 is 54.1 Å². The van der Waals surface area contributed by atoms with Crippen LogP contribution in [0.2, 0.25) is 0 Å². The smallest absolute Gasteiger partial charge is 1.00 e. The van der Waals surface area contributed by atoms with Crippen LogP contribution < -0.4 is 57.4 Å². The molecular weight excluding hydrogens is 1080 g/mol. The van der Waals surface area contributed by atoms with Gasteiger partial charge in [-0.2, -0.15) is 25.3 Å². The van der Waals surface area contributed by atoms with Crippen molar-refractivity contribution in [3.63, 3.8) is 0 Å². The van der Waals surface area contributed by atoms with Crippen molar-refractivity contribution in [2.45, 2.75) is 187 Å². The van der Waals surface area contributed by atoms with Gasteiger partial charge in [-0.25, -0.2) is 5.26 Å². The molecule has 0 heterocycles. The predicted octanol–water partition coefficient (Wildman–Crippen LogP) is 4.23. The molecule has 0 bridgehead atoms. The van der Waals surface area contributed by atoms with E-state index in [9.17, 15) is 33.9 Å². The predicted molar refractivity (Wildman–Crippen MR) is 301 cm³/mol. The Bertz CT molecular complexity index is 1560. The van der Waals surface area contributed by atoms with Crippen LogP contribution >= 0.6 is 63.8 Å². The largest absolute Gasteiger partial charge is 1.00 e. The summed E-state index contributed by atoms with van der Waals surface area (Å²) in [5.74, 6) is 2.21. The fraction of sp³-hybridized carbons (Fsp3) is 0.854. The van der Waals surface area contributed by atoms with Crippen LogP contribution in [0, 0.1) is 27.5 Å². The number of nitrogens with two attached hydrogens (primary N) is 3. The first-order valence-electron chi connectivity index (χ1n) is 24.5. The Morgan fingerprint density at radius 3 is 1.28 bits per heavy atom. The summed E-state index contributed by atoms with van der Waals surface area (Å²) in [4.78, 5) is 68.1. The Balaban J connectivity index is -0.000000284. The molecule has 3 saturated carbocycles. The monoisotopic (exact) mass is 1170 g/mol. The van der Waals surface area contributed by atoms with Gasteiger partial charge in [-0.1, -0.05) is 21.6 Å². The van der Waals surface area contributed by atoms with Crippen molar-refractivity contribution in [2.24, 2.45) is 33.4 Å². The van der Waals surface area contributed by atoms with Gasteiger partial charge in [0.25, 0.3) is 0 Å². The molecule has 3 fully saturated rings. The first-order valence-corrected chi connectivity index (χ1v) is 28.2. The number of nitrogens with one attached hydrogen (secondary N) is 2. The van der Waals surface area contributed by atoms with E-state index in [1.807, 2.05) is 20.8 Å². The first-order chi connectivity index (χ1) is 32.7. The van der Waals surface area contributed by atoms with Crippen LogP contribution in [0.15, 0.2) is 0 Å². The maximum absolute atomic E-state index is 11.9. The maximum Gasteiger partial charge on any atom is 1.00 e. The summed E-state index contributed by atoms with van der Waals surface area (Å²) in [6.07, 6.45) is 11.3. The first kappa shape index (κ1) is 77.8. The molecule has 0 saturated heterocycles. The number of carboxylic acids is 3. The summed E-state index contributed by atoms with van der Waals surface area (Å²) in [5.41, 5.74) is 14.3. The van der Waals surface area contributed by atoms with Crippen LogP contribution in [-0.4, -0.2) is 138 Å². The molecule has 0 unspecified atom stereocenters. The molecule has 11 N–H and O–H groups in total. The van der Waals surface area contributed by atoms with Crippen molar-refractivity contribution in [1.29, 1.82) is 5.26 Å². The summed E-state index contributed by atoms with van der Waals surface area (Å²) in [5, 5.41) is 41.1. The topological polar surface area (TPSA) is 307 Å². The third kappa shape index (κ3) is 41.4. The molecule has 72 heavy (non-hydrogen) atoms. The van der Waals surface area contributed by atoms with Crippen molar-refractivity contribution in [3.8, 4) is 5.97 Å². The SMILES string of the molecule is Br.CC(C)(C)OC(=O)CCC1(CC(=O)O)CCC(=O)CC1.CC(C)(C)OC(=O)CCC1(CC(=O)O)CCC(NCCS)CC1.NCC1(CC(=O)O)CCC(NCCS)CC1.NCCSSCCN.[B]C#N.[H-].[Na+]. The number of nitriles is 1. The molecular formula is C48H91BBrN6NaO11S4. The average Bonchev–Trinajstić information content (AvgIpc) is 3.26. The normalized spacial score (nSPS) is 21.1. The number of ether oxygens (including phenoxy) is 2. The molecule has 0 aromatic heterocycles. The minimum atomic E-state index is -0.872. The van der Waals surface area contributed by atoms with Crippen LogP contribution in [-0.2, 0) is 38.2 Å². The van der Waals surface area contributed by atoms with E-state index in [2.05, 4.69) is 43.7 Å². The van der Waals surface area contributed by atoms with Crippen molar-refractivity contribution in [1.82, 2.24) is 10.6 Å². The third-order valence-electron chi connectivity index (χ3n) is 12.1. The number of Topliss-reactive ketones (excluding diaryl/α,β-unsaturated/α-hetero) is 1. The molecule has 3 rings (SSSR count). The summed E-state index contributed by atoms with van der Waals surface area (Å²) in [6.45, 7) is 14.7. The number of aliphatic carboxylic acids is 3. The van der Waals surface area contributed by atoms with Crippen LogP contribution in [0.1, 0.15) is 165 Å². The molecule has 2 radical (unpaired) electrons. The van der Waals surface area contributed by atoms with Crippen molar-refractivity contribution in [3.05, 3.63) is 0 Å². The number of nitrogens with zero attached hydrogens (tertiary/aromatic N) is 1. The number of esters is 2. The van der Waals surface area contributed by atoms with E-state index in [-0.39, 0.29) is 102 Å². The number of hydrogen-bond donors (Lipinski definition) is 10. The Morgan fingerprint density at radius 2 is 1.00 bits per heavy atom. The van der Waals surface area contributed by atoms with Gasteiger partial charge in [0.2, 0.25) is 7.85 Å². The zero-order valence-electron chi connectivity index (χ0n) is 45.4. The summed E-state index contributed by atoms with van der Waals surface area (Å²) in [7, 11) is 7.73. The second-order valence-corrected chi connectivity index (χ2v) is 24.0. The van der Waals surface area contributed by atoms with Gasteiger partial charge in [-0.15, -0.1) is 17.0 Å². The fourth-order valence-electron chi connectivity index (χ4n) is 8.64. The number of thiol groups is 2. The second kappa shape index (κ2) is 43.3. The molecule has 3 aliphatic rings. The standard InChI is InChI=1S/C17H31NO4S.C15H24O5.C11H22N2O2S.C4H12N2S2.CBN.BrH.Na.H/c1-16(2,3)22-15(21)6-9-17(12-14(19)20)7-4-13(5-8-17)18-10-11-23;1-14(2,3)20-13(19)6-9-15(10-12(17)18)7-4-11(16)5-8-15;12-8-11(7-10(14)15)3-1-9(2-4-11)13-5-6-16;5-1-3-7-8-4-2-6;2-1-3;;;/h13,18,23H,4-12H2,1-3H3,(H,19,20);4-10H2,1-3H3,(H,17,18);9,13,16H,1-8,12H2,(H,14,15);1-6H2;;1H;;/q;;;;;;+1;-1. The van der Waals surface area contributed by atoms with E-state index < -0.39 is 34.5 Å². The van der Waals surface area contributed by atoms with Gasteiger partial charge in [0.1, 0.15) is 17.0 Å². The van der Waals surface area contributed by atoms with Crippen LogP contribution in [0.25, 0.3) is 0 Å². The third-order valence-corrected chi connectivity index (χ3v) is 15.0. The number of rotatable bonds is 24. The zero-order chi connectivity index (χ0) is 53.9. The van der Waals surface area contributed by atoms with Crippen molar-refractivity contribution in [2.75, 3.05) is 55.7 Å². The van der Waals surface area contributed by atoms with E-state index in [1.54, 1.807) is 42.4 Å². The molecule has 0 spiro atoms. The Labute approximate surface area is 486 Å². The molecule has 414 valence electrons. The van der Waals surface area contributed by atoms with Gasteiger partial charge in [0, 0.05) is 87.0 Å². The fourth-order valence-corrected chi connectivity index (χ4v) is 10.6. The quantitative estimate of drug-likeness (QED) is 0.0213. The Hall–Kier alpha value is -0.745. The van der Waals surface area contributed by atoms with Gasteiger partial charge >= 0.3 is 59.4 Å². The number of ketones is 1. The van der Waals surface area contributed by atoms with Gasteiger partial charge in [-0.05, 0) is 147 Å². The van der Waals surface area contributed by atoms with Gasteiger partial charge in [0.05, 0.1) is 19.3 Å². The molecule has 24 heteroatoms. The minimum absolute atomic E-state index is 0. The molecule has 0 aromatic rings. The number of carbonyl (C=O) groups excluding carboxylic acids is 3. The summed E-state index contributed by atoms with van der Waals surface area (Å²) < 4.78 is 10.6. The van der Waals surface area contributed by atoms with E-state index in [1.165, 1.54) is 5.97 Å². The van der Waals surface area contributed by atoms with E-state index in [4.69, 9.17) is 42.1 Å². The van der Waals surface area contributed by atoms with Crippen LogP contribution in [0.4, 0.5) is 0 Å². The zero-order valence-corrected chi connectivity index (χ0v) is 51.6. The Kier molecular flexibility index (Phi) is 46.7. The molecule has 17 nitrogen and oxygen atoms in total. The minimum Gasteiger partial charge on any atom is -1.00 e. The maximum atomic E-state index is 11.9. The Morgan fingerprint density at radius 1 is 0.694 bits per heavy atom. The summed E-state index contributed by atoms with van der Waals surface area (Å²) >= 11 is 8.36. The molecule has 0 aliphatic heterocycles. The number of carbonyl (C=O) groups is 6. The van der Waals surface area contributed by atoms with E-state index in [0.717, 1.165) is 101 Å². The molecule has 0 amide bonds. The van der Waals surface area contributed by atoms with E-state index >= 15 is 0 Å². The van der Waals surface area contributed by atoms with Crippen molar-refractivity contribution < 1.29 is 84.5 Å². The summed E-state index contributed by atoms with van der Waals surface area (Å²) in [6, 6.07) is 0.950. The number of halogens is 1. The molecule has 0 atom stereocenters. The number of hydrogen-bond acceptors (Lipinski definition) is 18. The average molecular weight is 1170 g/mol. The van der Waals surface area contributed by atoms with Crippen LogP contribution in [0.3, 0.4) is 0 Å². The van der Waals surface area contributed by atoms with Gasteiger partial charge in [-0.3, -0.25) is 28.8 Å². The van der Waals surface area contributed by atoms with E-state index in [0.29, 0.717) is 63.6 Å². The van der Waals surface area contributed by atoms with Gasteiger partial charge in [0.15, 0.2) is 0 Å². The molecule has 3 aliphatic carbocycles. The van der Waals surface area contributed by atoms with Crippen molar-refractivity contribution >= 4 is 107 Å². The number of carboxylic acid groups (broad SMARTS) is 3. The second-order valence-electron chi connectivity index (χ2n) is 20.4.